The maximum absolute atomic E-state index is 13.7. The van der Waals surface area contributed by atoms with Crippen molar-refractivity contribution >= 4 is 150 Å². The average Bonchev–Trinajstić information content (AvgIpc) is 0.818. The Kier molecular flexibility index (Phi) is 31.9. The Morgan fingerprint density at radius 3 is 0.811 bits per heavy atom. The van der Waals surface area contributed by atoms with Crippen LogP contribution in [0.1, 0.15) is 128 Å². The molecule has 0 saturated carbocycles. The van der Waals surface area contributed by atoms with Gasteiger partial charge in [-0.05, 0) is 57.9 Å². The van der Waals surface area contributed by atoms with Gasteiger partial charge in [0, 0.05) is 0 Å². The van der Waals surface area contributed by atoms with Crippen LogP contribution >= 0.6 is 0 Å². The van der Waals surface area contributed by atoms with Crippen LogP contribution in [0.3, 0.4) is 0 Å². The summed E-state index contributed by atoms with van der Waals surface area (Å²) in [4.78, 5) is 80.4. The van der Waals surface area contributed by atoms with Gasteiger partial charge < -0.3 is 37.5 Å². The molecule has 0 aliphatic rings. The summed E-state index contributed by atoms with van der Waals surface area (Å²) < 4.78 is 180. The predicted molar refractivity (Wildman–Crippen MR) is 342 cm³/mol. The fraction of sp³-hybridized carbons (Fsp3) is 0.474. The Morgan fingerprint density at radius 1 is 0.389 bits per heavy atom. The van der Waals surface area contributed by atoms with Crippen LogP contribution in [-0.2, 0) is 134 Å². The summed E-state index contributed by atoms with van der Waals surface area (Å²) >= 11 is 0. The molecule has 0 bridgehead atoms. The van der Waals surface area contributed by atoms with Crippen molar-refractivity contribution in [3.05, 3.63) is 138 Å². The first kappa shape index (κ1) is 83.1. The molecule has 24 radical (unpaired) electrons. The number of ether oxygens (including phenoxy) is 6. The maximum Gasteiger partial charge on any atom is 0.426 e. The Balaban J connectivity index is 0.000000495. The van der Waals surface area contributed by atoms with Gasteiger partial charge in [0.15, 0.2) is 0 Å². The van der Waals surface area contributed by atoms with Crippen molar-refractivity contribution in [2.24, 2.45) is 10.8 Å². The molecule has 4 rings (SSSR count). The van der Waals surface area contributed by atoms with Crippen molar-refractivity contribution in [1.29, 1.82) is 0 Å². The van der Waals surface area contributed by atoms with Gasteiger partial charge in [-0.15, -0.1) is 0 Å². The highest BCUT2D eigenvalue weighted by Gasteiger charge is 2.51. The van der Waals surface area contributed by atoms with Gasteiger partial charge in [0.1, 0.15) is 37.3 Å². The fourth-order valence-electron chi connectivity index (χ4n) is 9.45. The molecule has 0 saturated heterocycles. The van der Waals surface area contributed by atoms with Crippen LogP contribution in [0.25, 0.3) is 0 Å². The third-order valence-electron chi connectivity index (χ3n) is 14.9. The van der Waals surface area contributed by atoms with Gasteiger partial charge in [0.2, 0.25) is 12.2 Å². The van der Waals surface area contributed by atoms with Crippen LogP contribution in [0, 0.1) is 10.8 Å². The number of alkyl halides is 6. The van der Waals surface area contributed by atoms with Gasteiger partial charge in [0.05, 0.1) is 148 Å². The molecule has 2 unspecified atom stereocenters. The molecule has 0 aromatic heterocycles. The Hall–Kier alpha value is -6.12. The number of hydrogen-bond donors (Lipinski definition) is 0. The third-order valence-corrected chi connectivity index (χ3v) is 16.3. The second kappa shape index (κ2) is 36.5. The molecule has 95 heavy (non-hydrogen) atoms. The number of hydrogen-bond acceptors (Lipinski definition) is 18. The van der Waals surface area contributed by atoms with Crippen molar-refractivity contribution < 1.29 is 109 Å². The van der Waals surface area contributed by atoms with E-state index in [0.29, 0.717) is 22.3 Å². The second-order valence-electron chi connectivity index (χ2n) is 21.2. The summed E-state index contributed by atoms with van der Waals surface area (Å²) in [6.07, 6.45) is -19.8. The highest BCUT2D eigenvalue weighted by Crippen LogP contribution is 2.35. The predicted octanol–water partition coefficient (Wildman–Crippen LogP) is 1.86. The molecule has 0 N–H and O–H groups in total. The van der Waals surface area contributed by atoms with Crippen molar-refractivity contribution in [2.45, 2.75) is 121 Å². The van der Waals surface area contributed by atoms with Crippen LogP contribution in [0.2, 0.25) is 0 Å². The number of carbonyl (C=O) groups excluding carboxylic acids is 6. The number of carbonyl (C=O) groups is 6. The van der Waals surface area contributed by atoms with Gasteiger partial charge in [-0.25, -0.2) is 36.0 Å². The molecule has 4 aromatic rings. The SMILES string of the molecule is [B]Cc1ccc(C[B])c(C(=O)OCC(C)(COC(=O)c2c(C[B])ccc(C[B])c2C[B])C(=O)OC(CS(=O)(=O)[O-])C(F)(F)F)c1C[B].[B]Cc1ccc(C[B])c(C(=O)OCC(CC)(COC(=O)c2c(C[B])ccc(C[B])c2C[B])C(=O)OC(CS(=O)(=O)[O-])C(F)(F)F)c1C[B]. The van der Waals surface area contributed by atoms with E-state index in [2.05, 4.69) is 9.47 Å². The fourth-order valence-corrected chi connectivity index (χ4v) is 10.7. The minimum Gasteiger partial charge on any atom is -0.748 e. The Morgan fingerprint density at radius 2 is 0.611 bits per heavy atom. The lowest BCUT2D eigenvalue weighted by Crippen LogP contribution is -2.48. The van der Waals surface area contributed by atoms with E-state index in [4.69, 9.17) is 113 Å². The lowest BCUT2D eigenvalue weighted by atomic mass is 9.80. The zero-order valence-corrected chi connectivity index (χ0v) is 53.2. The molecule has 0 heterocycles. The number of esters is 6. The van der Waals surface area contributed by atoms with Crippen LogP contribution in [-0.4, -0.2) is 218 Å². The maximum atomic E-state index is 13.7. The van der Waals surface area contributed by atoms with Crippen molar-refractivity contribution in [2.75, 3.05) is 37.9 Å². The second-order valence-corrected chi connectivity index (χ2v) is 24.1. The van der Waals surface area contributed by atoms with E-state index in [9.17, 15) is 81.1 Å². The quantitative estimate of drug-likeness (QED) is 0.0216. The van der Waals surface area contributed by atoms with E-state index in [1.807, 2.05) is 0 Å². The normalized spacial score (nSPS) is 12.7. The zero-order chi connectivity index (χ0) is 72.2. The topological polar surface area (TPSA) is 272 Å². The summed E-state index contributed by atoms with van der Waals surface area (Å²) in [5, 5.41) is 0. The Labute approximate surface area is 563 Å². The van der Waals surface area contributed by atoms with Gasteiger partial charge in [-0.3, -0.25) is 9.59 Å². The largest absolute Gasteiger partial charge is 0.748 e. The Bertz CT molecular complexity index is 3470. The third kappa shape index (κ3) is 22.2. The van der Waals surface area contributed by atoms with Crippen molar-refractivity contribution in [1.82, 2.24) is 0 Å². The standard InChI is InChI=1S/C29H29B6F3O9S.C28H27B6F3O9S/c1-2-28(27(41)47-22(29(36,37)38)13-48(42,43)44,14-45-25(39)23-18(9-32)5-3-16(7-30)20(23)11-34)15-46-26(40)24-19(10-33)6-4-17(8-31)21(24)12-35;1-27(26(40)46-21(28(35,36)37)12-47(41,42)43,13-44-24(38)22-17(8-31)4-2-15(6-29)19(22)10-33)14-45-25(39)23-18(9-32)5-3-16(7-30)20(23)11-34/h3-6,22H,2,7-15H2,1H3,(H,42,43,44);2-5,21H,6-14H2,1H3,(H,41,42,43)/p-2. The van der Waals surface area contributed by atoms with E-state index in [-0.39, 0.29) is 143 Å². The average molecular weight is 1330 g/mol. The highest BCUT2D eigenvalue weighted by molar-refractivity contribution is 7.86. The van der Waals surface area contributed by atoms with E-state index in [1.54, 1.807) is 24.3 Å². The summed E-state index contributed by atoms with van der Waals surface area (Å²) in [5.74, 6) is -12.3. The molecule has 18 nitrogen and oxygen atoms in total. The minimum absolute atomic E-state index is 0.0266. The molecular weight excluding hydrogens is 1280 g/mol. The van der Waals surface area contributed by atoms with Gasteiger partial charge in [0.25, 0.3) is 0 Å². The van der Waals surface area contributed by atoms with E-state index in [0.717, 1.165) is 6.92 Å². The summed E-state index contributed by atoms with van der Waals surface area (Å²) in [5.41, 5.74) is -1.16. The molecule has 2 atom stereocenters. The van der Waals surface area contributed by atoms with Crippen LogP contribution in [0.4, 0.5) is 26.3 Å². The van der Waals surface area contributed by atoms with Crippen LogP contribution < -0.4 is 0 Å². The monoisotopic (exact) mass is 1340 g/mol. The highest BCUT2D eigenvalue weighted by atomic mass is 32.2. The summed E-state index contributed by atoms with van der Waals surface area (Å²) in [7, 11) is 58.4. The smallest absolute Gasteiger partial charge is 0.426 e. The number of rotatable bonds is 33. The molecule has 482 valence electrons. The van der Waals surface area contributed by atoms with Gasteiger partial charge in [-0.1, -0.05) is 154 Å². The summed E-state index contributed by atoms with van der Waals surface area (Å²) in [6.45, 7) is -2.00. The van der Waals surface area contributed by atoms with E-state index >= 15 is 0 Å². The van der Waals surface area contributed by atoms with Gasteiger partial charge >= 0.3 is 48.2 Å². The molecule has 0 amide bonds. The van der Waals surface area contributed by atoms with E-state index in [1.165, 1.54) is 31.2 Å². The van der Waals surface area contributed by atoms with Crippen LogP contribution in [0.5, 0.6) is 0 Å². The number of halogens is 6. The molecule has 38 heteroatoms. The minimum atomic E-state index is -5.56. The lowest BCUT2D eigenvalue weighted by Gasteiger charge is -2.32. The van der Waals surface area contributed by atoms with Gasteiger partial charge in [-0.2, -0.15) is 26.3 Å². The molecular formula is C57H54B12F6O18S2-2. The molecule has 0 aliphatic carbocycles. The van der Waals surface area contributed by atoms with Crippen molar-refractivity contribution in [3.63, 3.8) is 0 Å². The van der Waals surface area contributed by atoms with E-state index < -0.39 is 136 Å². The lowest BCUT2D eigenvalue weighted by molar-refractivity contribution is -0.223. The van der Waals surface area contributed by atoms with Crippen molar-refractivity contribution in [3.8, 4) is 0 Å². The molecule has 0 aliphatic heterocycles. The first-order chi connectivity index (χ1) is 44.4. The first-order valence-electron chi connectivity index (χ1n) is 28.4. The van der Waals surface area contributed by atoms with Crippen LogP contribution in [0.15, 0.2) is 48.5 Å². The summed E-state index contributed by atoms with van der Waals surface area (Å²) in [6, 6.07) is 12.4. The molecule has 0 fully saturated rings. The number of benzene rings is 4. The first-order valence-corrected chi connectivity index (χ1v) is 31.6. The molecule has 0 spiro atoms. The molecule has 4 aromatic carbocycles. The zero-order valence-electron chi connectivity index (χ0n) is 51.6.